The number of carbonyl (C=O) groups excluding carboxylic acids is 1. The van der Waals surface area contributed by atoms with Crippen LogP contribution >= 0.6 is 11.3 Å². The average molecular weight is 475 g/mol. The van der Waals surface area contributed by atoms with E-state index in [1.807, 2.05) is 18.2 Å². The van der Waals surface area contributed by atoms with E-state index in [0.717, 1.165) is 30.2 Å². The molecule has 0 saturated carbocycles. The van der Waals surface area contributed by atoms with Crippen molar-refractivity contribution >= 4 is 43.2 Å². The van der Waals surface area contributed by atoms with Gasteiger partial charge in [0.05, 0.1) is 40.9 Å². The summed E-state index contributed by atoms with van der Waals surface area (Å²) >= 11 is 1.71. The van der Waals surface area contributed by atoms with Crippen LogP contribution in [0.4, 0.5) is 5.69 Å². The van der Waals surface area contributed by atoms with E-state index in [1.54, 1.807) is 36.6 Å². The summed E-state index contributed by atoms with van der Waals surface area (Å²) in [4.78, 5) is 21.9. The maximum atomic E-state index is 12.7. The minimum Gasteiger partial charge on any atom is -0.497 e. The molecule has 32 heavy (non-hydrogen) atoms. The quantitative estimate of drug-likeness (QED) is 0.563. The van der Waals surface area contributed by atoms with Gasteiger partial charge in [-0.15, -0.1) is 11.3 Å². The Balaban J connectivity index is 1.47. The number of ether oxygens (including phenoxy) is 1. The number of nitrogens with one attached hydrogen (secondary N) is 1. The largest absolute Gasteiger partial charge is 0.497 e. The van der Waals surface area contributed by atoms with E-state index in [0.29, 0.717) is 30.1 Å². The number of benzene rings is 2. The number of carbonyl (C=O) groups is 1. The molecule has 0 bridgehead atoms. The summed E-state index contributed by atoms with van der Waals surface area (Å²) in [6.07, 6.45) is 0. The van der Waals surface area contributed by atoms with Crippen molar-refractivity contribution in [1.29, 1.82) is 0 Å². The molecule has 1 aliphatic heterocycles. The topological polar surface area (TPSA) is 91.8 Å². The van der Waals surface area contributed by atoms with E-state index in [2.05, 4.69) is 20.6 Å². The van der Waals surface area contributed by atoms with Crippen molar-refractivity contribution in [3.05, 3.63) is 53.0 Å². The molecule has 0 unspecified atom stereocenters. The van der Waals surface area contributed by atoms with Crippen molar-refractivity contribution in [2.45, 2.75) is 13.5 Å². The van der Waals surface area contributed by atoms with E-state index in [4.69, 9.17) is 9.72 Å². The van der Waals surface area contributed by atoms with Gasteiger partial charge in [-0.25, -0.2) is 18.1 Å². The fourth-order valence-electron chi connectivity index (χ4n) is 3.69. The first-order chi connectivity index (χ1) is 15.4. The lowest BCUT2D eigenvalue weighted by atomic mass is 10.1. The lowest BCUT2D eigenvalue weighted by molar-refractivity contribution is 0.0981. The van der Waals surface area contributed by atoms with Crippen LogP contribution in [0.15, 0.2) is 42.5 Å². The zero-order valence-corrected chi connectivity index (χ0v) is 19.7. The van der Waals surface area contributed by atoms with Crippen LogP contribution in [-0.2, 0) is 16.6 Å². The second kappa shape index (κ2) is 9.43. The van der Waals surface area contributed by atoms with Gasteiger partial charge in [-0.2, -0.15) is 0 Å². The van der Waals surface area contributed by atoms with Gasteiger partial charge >= 0.3 is 0 Å². The minimum absolute atomic E-state index is 0.158. The number of para-hydroxylation sites is 1. The molecule has 0 radical (unpaired) electrons. The number of thiazole rings is 1. The SMILES string of the molecule is CCS(=O)(=O)NC(=O)c1ccc(OC)cc1N1CCN(Cc2nc3ccccc3s2)CC1. The van der Waals surface area contributed by atoms with Crippen LogP contribution < -0.4 is 14.4 Å². The van der Waals surface area contributed by atoms with Crippen LogP contribution in [0, 0.1) is 0 Å². The summed E-state index contributed by atoms with van der Waals surface area (Å²) < 4.78 is 32.5. The fourth-order valence-corrected chi connectivity index (χ4v) is 5.23. The maximum absolute atomic E-state index is 12.7. The number of nitrogens with zero attached hydrogens (tertiary/aromatic N) is 3. The first-order valence-corrected chi connectivity index (χ1v) is 12.9. The smallest absolute Gasteiger partial charge is 0.266 e. The summed E-state index contributed by atoms with van der Waals surface area (Å²) in [5.74, 6) is -0.164. The standard InChI is InChI=1S/C22H26N4O4S2/c1-3-32(28,29)24-22(27)17-9-8-16(30-2)14-19(17)26-12-10-25(11-13-26)15-21-23-18-6-4-5-7-20(18)31-21/h4-9,14H,3,10-13,15H2,1-2H3,(H,24,27). The number of aromatic nitrogens is 1. The molecule has 1 aliphatic rings. The molecule has 1 aromatic heterocycles. The van der Waals surface area contributed by atoms with E-state index in [-0.39, 0.29) is 5.75 Å². The molecule has 3 aromatic rings. The number of hydrogen-bond donors (Lipinski definition) is 1. The van der Waals surface area contributed by atoms with Crippen LogP contribution in [0.2, 0.25) is 0 Å². The normalized spacial score (nSPS) is 15.1. The Labute approximate surface area is 191 Å². The molecule has 2 heterocycles. The van der Waals surface area contributed by atoms with E-state index in [9.17, 15) is 13.2 Å². The molecule has 170 valence electrons. The first-order valence-electron chi connectivity index (χ1n) is 10.4. The third kappa shape index (κ3) is 5.03. The molecule has 8 nitrogen and oxygen atoms in total. The zero-order valence-electron chi connectivity index (χ0n) is 18.1. The molecule has 0 aliphatic carbocycles. The molecular weight excluding hydrogens is 448 g/mol. The van der Waals surface area contributed by atoms with Crippen LogP contribution in [0.25, 0.3) is 10.2 Å². The van der Waals surface area contributed by atoms with Crippen molar-refractivity contribution in [2.75, 3.05) is 43.9 Å². The number of rotatable bonds is 7. The summed E-state index contributed by atoms with van der Waals surface area (Å²) in [6, 6.07) is 13.2. The number of piperazine rings is 1. The summed E-state index contributed by atoms with van der Waals surface area (Å²) in [5.41, 5.74) is 2.02. The van der Waals surface area contributed by atoms with Crippen molar-refractivity contribution in [3.8, 4) is 5.75 Å². The van der Waals surface area contributed by atoms with Crippen molar-refractivity contribution < 1.29 is 17.9 Å². The lowest BCUT2D eigenvalue weighted by Crippen LogP contribution is -2.46. The van der Waals surface area contributed by atoms with Gasteiger partial charge in [0.15, 0.2) is 0 Å². The van der Waals surface area contributed by atoms with Gasteiger partial charge < -0.3 is 9.64 Å². The maximum Gasteiger partial charge on any atom is 0.266 e. The second-order valence-electron chi connectivity index (χ2n) is 7.56. The highest BCUT2D eigenvalue weighted by Gasteiger charge is 2.24. The number of anilines is 1. The molecular formula is C22H26N4O4S2. The average Bonchev–Trinajstić information content (AvgIpc) is 3.21. The van der Waals surface area contributed by atoms with Gasteiger partial charge in [0, 0.05) is 32.2 Å². The van der Waals surface area contributed by atoms with E-state index >= 15 is 0 Å². The van der Waals surface area contributed by atoms with Crippen LogP contribution in [0.3, 0.4) is 0 Å². The third-order valence-corrected chi connectivity index (χ3v) is 7.77. The van der Waals surface area contributed by atoms with Gasteiger partial charge in [-0.3, -0.25) is 9.69 Å². The Morgan fingerprint density at radius 1 is 1.16 bits per heavy atom. The Hall–Kier alpha value is -2.69. The van der Waals surface area contributed by atoms with E-state index in [1.165, 1.54) is 11.6 Å². The van der Waals surface area contributed by atoms with Gasteiger partial charge in [-0.05, 0) is 31.2 Å². The number of fused-ring (bicyclic) bond motifs is 1. The highest BCUT2D eigenvalue weighted by Crippen LogP contribution is 2.28. The van der Waals surface area contributed by atoms with Crippen LogP contribution in [0.5, 0.6) is 5.75 Å². The number of hydrogen-bond acceptors (Lipinski definition) is 8. The van der Waals surface area contributed by atoms with Crippen molar-refractivity contribution in [3.63, 3.8) is 0 Å². The lowest BCUT2D eigenvalue weighted by Gasteiger charge is -2.36. The molecule has 1 N–H and O–H groups in total. The summed E-state index contributed by atoms with van der Waals surface area (Å²) in [6.45, 7) is 5.31. The van der Waals surface area contributed by atoms with E-state index < -0.39 is 15.9 Å². The minimum atomic E-state index is -3.65. The molecule has 4 rings (SSSR count). The fraction of sp³-hybridized carbons (Fsp3) is 0.364. The number of amides is 1. The molecule has 1 fully saturated rings. The predicted molar refractivity (Wildman–Crippen MR) is 127 cm³/mol. The Bertz CT molecular complexity index is 1180. The molecule has 10 heteroatoms. The first kappa shape index (κ1) is 22.5. The number of methoxy groups -OCH3 is 1. The van der Waals surface area contributed by atoms with Crippen molar-refractivity contribution in [2.24, 2.45) is 0 Å². The zero-order chi connectivity index (χ0) is 22.7. The van der Waals surface area contributed by atoms with Gasteiger partial charge in [0.2, 0.25) is 10.0 Å². The van der Waals surface area contributed by atoms with Crippen LogP contribution in [0.1, 0.15) is 22.3 Å². The third-order valence-electron chi connectivity index (χ3n) is 5.49. The molecule has 1 amide bonds. The second-order valence-corrected chi connectivity index (χ2v) is 10.7. The van der Waals surface area contributed by atoms with Gasteiger partial charge in [0.1, 0.15) is 10.8 Å². The predicted octanol–water partition coefficient (Wildman–Crippen LogP) is 2.71. The Kier molecular flexibility index (Phi) is 6.63. The summed E-state index contributed by atoms with van der Waals surface area (Å²) in [5, 5.41) is 1.09. The van der Waals surface area contributed by atoms with Crippen LogP contribution in [-0.4, -0.2) is 63.3 Å². The molecule has 1 saturated heterocycles. The summed E-state index contributed by atoms with van der Waals surface area (Å²) in [7, 11) is -2.08. The van der Waals surface area contributed by atoms with Crippen molar-refractivity contribution in [1.82, 2.24) is 14.6 Å². The molecule has 0 atom stereocenters. The molecule has 2 aromatic carbocycles. The van der Waals surface area contributed by atoms with Gasteiger partial charge in [-0.1, -0.05) is 12.1 Å². The highest BCUT2D eigenvalue weighted by atomic mass is 32.2. The molecule has 0 spiro atoms. The Morgan fingerprint density at radius 3 is 2.59 bits per heavy atom. The van der Waals surface area contributed by atoms with Gasteiger partial charge in [0.25, 0.3) is 5.91 Å². The monoisotopic (exact) mass is 474 g/mol. The number of sulfonamides is 1. The Morgan fingerprint density at radius 2 is 1.91 bits per heavy atom. The highest BCUT2D eigenvalue weighted by molar-refractivity contribution is 7.90.